The van der Waals surface area contributed by atoms with Crippen molar-refractivity contribution in [3.63, 3.8) is 0 Å². The topological polar surface area (TPSA) is 72.6 Å². The number of carbonyl (C=O) groups is 1. The summed E-state index contributed by atoms with van der Waals surface area (Å²) in [5.41, 5.74) is 2.81. The van der Waals surface area contributed by atoms with Crippen LogP contribution in [-0.2, 0) is 6.61 Å². The standard InChI is InChI=1S/C28H19ClN2O4S/c1-16-12-22-20(14-21(16)29)25(32)23-24(31(27(33)26(23)35-22)28-30-10-11-36-28)18-8-5-9-19(13-18)34-15-17-6-3-2-4-7-17/h2-14,24H,15H2,1H3. The van der Waals surface area contributed by atoms with Crippen LogP contribution >= 0.6 is 22.9 Å². The Kier molecular flexibility index (Phi) is 5.59. The zero-order valence-electron chi connectivity index (χ0n) is 19.1. The Bertz CT molecular complexity index is 1670. The summed E-state index contributed by atoms with van der Waals surface area (Å²) in [4.78, 5) is 33.3. The lowest BCUT2D eigenvalue weighted by molar-refractivity contribution is 0.0971. The normalized spacial score (nSPS) is 14.9. The highest BCUT2D eigenvalue weighted by Gasteiger charge is 2.44. The van der Waals surface area contributed by atoms with E-state index in [1.165, 1.54) is 16.2 Å². The predicted molar refractivity (Wildman–Crippen MR) is 140 cm³/mol. The third kappa shape index (κ3) is 3.77. The van der Waals surface area contributed by atoms with Crippen LogP contribution < -0.4 is 15.1 Å². The van der Waals surface area contributed by atoms with Crippen LogP contribution in [0.5, 0.6) is 5.75 Å². The summed E-state index contributed by atoms with van der Waals surface area (Å²) in [5.74, 6) is 0.234. The molecule has 0 spiro atoms. The number of aryl methyl sites for hydroxylation is 1. The fraction of sp³-hybridized carbons (Fsp3) is 0.107. The van der Waals surface area contributed by atoms with E-state index in [4.69, 9.17) is 20.8 Å². The predicted octanol–water partition coefficient (Wildman–Crippen LogP) is 6.54. The van der Waals surface area contributed by atoms with E-state index >= 15 is 0 Å². The van der Waals surface area contributed by atoms with E-state index in [0.29, 0.717) is 39.0 Å². The SMILES string of the molecule is Cc1cc2oc3c(c(=O)c2cc1Cl)C(c1cccc(OCc2ccccc2)c1)N(c1nccs1)C3=O. The average molecular weight is 515 g/mol. The molecule has 1 unspecified atom stereocenters. The van der Waals surface area contributed by atoms with Crippen molar-refractivity contribution in [3.05, 3.63) is 122 Å². The summed E-state index contributed by atoms with van der Waals surface area (Å²) in [5, 5.41) is 3.06. The summed E-state index contributed by atoms with van der Waals surface area (Å²) in [6, 6.07) is 19.8. The molecule has 2 aromatic heterocycles. The molecular weight excluding hydrogens is 496 g/mol. The summed E-state index contributed by atoms with van der Waals surface area (Å²) in [6.07, 6.45) is 1.63. The Labute approximate surface area is 215 Å². The van der Waals surface area contributed by atoms with Gasteiger partial charge in [0.2, 0.25) is 5.76 Å². The maximum atomic E-state index is 13.8. The molecule has 0 radical (unpaired) electrons. The second-order valence-corrected chi connectivity index (χ2v) is 9.79. The number of carbonyl (C=O) groups excluding carboxylic acids is 1. The van der Waals surface area contributed by atoms with Gasteiger partial charge >= 0.3 is 0 Å². The van der Waals surface area contributed by atoms with Crippen LogP contribution in [0.1, 0.15) is 38.9 Å². The first-order valence-electron chi connectivity index (χ1n) is 11.3. The molecule has 0 N–H and O–H groups in total. The second kappa shape index (κ2) is 8.93. The fourth-order valence-electron chi connectivity index (χ4n) is 4.46. The summed E-state index contributed by atoms with van der Waals surface area (Å²) >= 11 is 7.64. The van der Waals surface area contributed by atoms with Gasteiger partial charge in [0.15, 0.2) is 10.6 Å². The summed E-state index contributed by atoms with van der Waals surface area (Å²) < 4.78 is 12.1. The van der Waals surface area contributed by atoms with Crippen molar-refractivity contribution in [1.82, 2.24) is 4.98 Å². The molecule has 1 aliphatic heterocycles. The van der Waals surface area contributed by atoms with Gasteiger partial charge in [-0.25, -0.2) is 4.98 Å². The molecule has 1 amide bonds. The van der Waals surface area contributed by atoms with Gasteiger partial charge in [-0.2, -0.15) is 0 Å². The molecule has 8 heteroatoms. The highest BCUT2D eigenvalue weighted by molar-refractivity contribution is 7.13. The molecule has 3 aromatic carbocycles. The van der Waals surface area contributed by atoms with Gasteiger partial charge in [-0.1, -0.05) is 54.1 Å². The molecule has 0 saturated heterocycles. The van der Waals surface area contributed by atoms with Gasteiger partial charge in [0, 0.05) is 16.6 Å². The lowest BCUT2D eigenvalue weighted by atomic mass is 9.98. The number of thiazole rings is 1. The van der Waals surface area contributed by atoms with Crippen molar-refractivity contribution in [2.24, 2.45) is 0 Å². The number of ether oxygens (including phenoxy) is 1. The second-order valence-electron chi connectivity index (χ2n) is 8.51. The minimum absolute atomic E-state index is 0.0185. The first-order chi connectivity index (χ1) is 17.5. The van der Waals surface area contributed by atoms with Crippen LogP contribution in [0, 0.1) is 6.92 Å². The quantitative estimate of drug-likeness (QED) is 0.266. The molecule has 1 atom stereocenters. The van der Waals surface area contributed by atoms with Crippen LogP contribution in [0.15, 0.2) is 87.5 Å². The van der Waals surface area contributed by atoms with E-state index in [9.17, 15) is 9.59 Å². The summed E-state index contributed by atoms with van der Waals surface area (Å²) in [7, 11) is 0. The van der Waals surface area contributed by atoms with Crippen molar-refractivity contribution in [2.45, 2.75) is 19.6 Å². The highest BCUT2D eigenvalue weighted by Crippen LogP contribution is 2.42. The van der Waals surface area contributed by atoms with E-state index in [1.54, 1.807) is 23.7 Å². The number of hydrogen-bond donors (Lipinski definition) is 0. The molecule has 1 aliphatic rings. The number of halogens is 1. The van der Waals surface area contributed by atoms with E-state index in [1.807, 2.05) is 61.5 Å². The molecule has 36 heavy (non-hydrogen) atoms. The third-order valence-electron chi connectivity index (χ3n) is 6.20. The molecule has 3 heterocycles. The Morgan fingerprint density at radius 3 is 2.69 bits per heavy atom. The van der Waals surface area contributed by atoms with Crippen molar-refractivity contribution in [3.8, 4) is 5.75 Å². The first-order valence-corrected chi connectivity index (χ1v) is 12.5. The molecule has 0 aliphatic carbocycles. The molecular formula is C28H19ClN2O4S. The van der Waals surface area contributed by atoms with Crippen LogP contribution in [0.3, 0.4) is 0 Å². The number of amides is 1. The molecule has 6 rings (SSSR count). The van der Waals surface area contributed by atoms with E-state index in [2.05, 4.69) is 4.98 Å². The Balaban J connectivity index is 1.49. The zero-order chi connectivity index (χ0) is 24.8. The molecule has 6 nitrogen and oxygen atoms in total. The molecule has 0 saturated carbocycles. The van der Waals surface area contributed by atoms with Gasteiger partial charge in [-0.05, 0) is 47.9 Å². The van der Waals surface area contributed by atoms with Gasteiger partial charge < -0.3 is 9.15 Å². The maximum absolute atomic E-state index is 13.8. The number of hydrogen-bond acceptors (Lipinski definition) is 6. The smallest absolute Gasteiger partial charge is 0.297 e. The van der Waals surface area contributed by atoms with Crippen molar-refractivity contribution < 1.29 is 13.9 Å². The van der Waals surface area contributed by atoms with Gasteiger partial charge in [-0.3, -0.25) is 14.5 Å². The average Bonchev–Trinajstić information content (AvgIpc) is 3.52. The van der Waals surface area contributed by atoms with Gasteiger partial charge in [-0.15, -0.1) is 11.3 Å². The minimum Gasteiger partial charge on any atom is -0.489 e. The maximum Gasteiger partial charge on any atom is 0.297 e. The number of nitrogens with zero attached hydrogens (tertiary/aromatic N) is 2. The Morgan fingerprint density at radius 2 is 1.92 bits per heavy atom. The molecule has 0 fully saturated rings. The molecule has 0 bridgehead atoms. The number of fused-ring (bicyclic) bond motifs is 2. The van der Waals surface area contributed by atoms with E-state index < -0.39 is 11.9 Å². The van der Waals surface area contributed by atoms with E-state index in [0.717, 1.165) is 11.1 Å². The molecule has 178 valence electrons. The van der Waals surface area contributed by atoms with Crippen LogP contribution in [-0.4, -0.2) is 10.9 Å². The van der Waals surface area contributed by atoms with Crippen LogP contribution in [0.4, 0.5) is 5.13 Å². The van der Waals surface area contributed by atoms with Gasteiger partial charge in [0.05, 0.1) is 17.0 Å². The van der Waals surface area contributed by atoms with Crippen LogP contribution in [0.25, 0.3) is 11.0 Å². The minimum atomic E-state index is -0.723. The highest BCUT2D eigenvalue weighted by atomic mass is 35.5. The van der Waals surface area contributed by atoms with Gasteiger partial charge in [0.25, 0.3) is 5.91 Å². The number of aromatic nitrogens is 1. The number of anilines is 1. The Hall–Kier alpha value is -3.94. The van der Waals surface area contributed by atoms with Crippen molar-refractivity contribution in [1.29, 1.82) is 0 Å². The number of rotatable bonds is 5. The van der Waals surface area contributed by atoms with Crippen molar-refractivity contribution >= 4 is 44.9 Å². The number of benzene rings is 3. The lowest BCUT2D eigenvalue weighted by Crippen LogP contribution is -2.29. The van der Waals surface area contributed by atoms with Gasteiger partial charge in [0.1, 0.15) is 17.9 Å². The molecule has 5 aromatic rings. The monoisotopic (exact) mass is 514 g/mol. The van der Waals surface area contributed by atoms with Crippen molar-refractivity contribution in [2.75, 3.05) is 4.90 Å². The van der Waals surface area contributed by atoms with Crippen LogP contribution in [0.2, 0.25) is 5.02 Å². The lowest BCUT2D eigenvalue weighted by Gasteiger charge is -2.23. The third-order valence-corrected chi connectivity index (χ3v) is 7.38. The Morgan fingerprint density at radius 1 is 1.08 bits per heavy atom. The van der Waals surface area contributed by atoms with E-state index in [-0.39, 0.29) is 16.8 Å². The zero-order valence-corrected chi connectivity index (χ0v) is 20.7. The first kappa shape index (κ1) is 22.5. The largest absolute Gasteiger partial charge is 0.489 e. The summed E-state index contributed by atoms with van der Waals surface area (Å²) in [6.45, 7) is 2.22. The fourth-order valence-corrected chi connectivity index (χ4v) is 5.29.